The Morgan fingerprint density at radius 2 is 1.96 bits per heavy atom. The molecule has 6 nitrogen and oxygen atoms in total. The summed E-state index contributed by atoms with van der Waals surface area (Å²) in [6.45, 7) is 2.08. The highest BCUT2D eigenvalue weighted by molar-refractivity contribution is 7.10. The van der Waals surface area contributed by atoms with Crippen LogP contribution >= 0.6 is 11.3 Å². The Hall–Kier alpha value is -3.19. The largest absolute Gasteiger partial charge is 0.462 e. The number of anilines is 3. The van der Waals surface area contributed by atoms with E-state index in [0.29, 0.717) is 35.8 Å². The highest BCUT2D eigenvalue weighted by Crippen LogP contribution is 2.21. The van der Waals surface area contributed by atoms with Gasteiger partial charge >= 0.3 is 5.97 Å². The molecule has 1 aromatic carbocycles. The van der Waals surface area contributed by atoms with Gasteiger partial charge in [0.1, 0.15) is 5.82 Å². The molecule has 0 saturated carbocycles. The Morgan fingerprint density at radius 3 is 2.67 bits per heavy atom. The minimum atomic E-state index is -0.391. The molecule has 0 bridgehead atoms. The van der Waals surface area contributed by atoms with Crippen LogP contribution in [0, 0.1) is 0 Å². The average molecular weight is 381 g/mol. The Bertz CT molecular complexity index is 908. The summed E-state index contributed by atoms with van der Waals surface area (Å²) in [6.07, 6.45) is 1.91. The Balaban J connectivity index is 1.64. The first-order valence-corrected chi connectivity index (χ1v) is 9.35. The van der Waals surface area contributed by atoms with Crippen LogP contribution in [0.3, 0.4) is 0 Å². The molecular formula is C20H19N3O3S. The fourth-order valence-electron chi connectivity index (χ4n) is 2.44. The minimum absolute atomic E-state index is 0.0902. The van der Waals surface area contributed by atoms with Crippen LogP contribution < -0.4 is 10.6 Å². The van der Waals surface area contributed by atoms with Crippen molar-refractivity contribution in [2.75, 3.05) is 17.2 Å². The monoisotopic (exact) mass is 381 g/mol. The minimum Gasteiger partial charge on any atom is -0.462 e. The number of carbonyl (C=O) groups excluding carboxylic acids is 2. The summed E-state index contributed by atoms with van der Waals surface area (Å²) in [6, 6.07) is 14.4. The third-order valence-electron chi connectivity index (χ3n) is 3.65. The van der Waals surface area contributed by atoms with Crippen LogP contribution in [0.5, 0.6) is 0 Å². The van der Waals surface area contributed by atoms with Gasteiger partial charge in [-0.3, -0.25) is 4.79 Å². The van der Waals surface area contributed by atoms with Gasteiger partial charge in [-0.25, -0.2) is 9.78 Å². The van der Waals surface area contributed by atoms with E-state index in [0.717, 1.165) is 4.88 Å². The highest BCUT2D eigenvalue weighted by atomic mass is 32.1. The molecule has 0 aliphatic carbocycles. The first-order valence-electron chi connectivity index (χ1n) is 8.47. The van der Waals surface area contributed by atoms with Gasteiger partial charge in [0, 0.05) is 4.88 Å². The van der Waals surface area contributed by atoms with Crippen molar-refractivity contribution in [2.45, 2.75) is 13.3 Å². The van der Waals surface area contributed by atoms with Crippen LogP contribution in [-0.2, 0) is 16.0 Å². The van der Waals surface area contributed by atoms with Crippen molar-refractivity contribution >= 4 is 40.4 Å². The first-order chi connectivity index (χ1) is 13.2. The number of rotatable bonds is 7. The van der Waals surface area contributed by atoms with Crippen LogP contribution in [0.1, 0.15) is 22.2 Å². The smallest absolute Gasteiger partial charge is 0.340 e. The zero-order chi connectivity index (χ0) is 19.1. The predicted octanol–water partition coefficient (Wildman–Crippen LogP) is 4.24. The lowest BCUT2D eigenvalue weighted by Gasteiger charge is -2.11. The molecule has 1 amide bonds. The molecule has 0 spiro atoms. The molecule has 2 aromatic heterocycles. The number of hydrogen-bond donors (Lipinski definition) is 2. The fourth-order valence-corrected chi connectivity index (χ4v) is 3.14. The number of benzene rings is 1. The lowest BCUT2D eigenvalue weighted by atomic mass is 10.2. The molecule has 0 aliphatic rings. The number of nitrogens with zero attached hydrogens (tertiary/aromatic N) is 1. The van der Waals surface area contributed by atoms with E-state index in [1.54, 1.807) is 54.8 Å². The van der Waals surface area contributed by atoms with Crippen molar-refractivity contribution in [1.29, 1.82) is 0 Å². The lowest BCUT2D eigenvalue weighted by Crippen LogP contribution is -2.14. The van der Waals surface area contributed by atoms with Gasteiger partial charge in [0.2, 0.25) is 5.91 Å². The predicted molar refractivity (Wildman–Crippen MR) is 107 cm³/mol. The zero-order valence-electron chi connectivity index (χ0n) is 14.8. The number of amides is 1. The fraction of sp³-hybridized carbons (Fsp3) is 0.150. The van der Waals surface area contributed by atoms with Crippen LogP contribution in [0.15, 0.2) is 60.1 Å². The number of para-hydroxylation sites is 1. The SMILES string of the molecule is CCOC(=O)c1ccccc1Nc1ccc(NC(=O)Cc2cccs2)cn1. The molecule has 0 atom stereocenters. The molecular weight excluding hydrogens is 362 g/mol. The first kappa shape index (κ1) is 18.6. The molecule has 27 heavy (non-hydrogen) atoms. The van der Waals surface area contributed by atoms with Crippen LogP contribution in [0.2, 0.25) is 0 Å². The second-order valence-corrected chi connectivity index (χ2v) is 6.66. The summed E-state index contributed by atoms with van der Waals surface area (Å²) < 4.78 is 5.07. The molecule has 3 rings (SSSR count). The Labute approximate surface area is 161 Å². The van der Waals surface area contributed by atoms with E-state index in [1.807, 2.05) is 23.6 Å². The molecule has 138 valence electrons. The molecule has 2 N–H and O–H groups in total. The number of thiophene rings is 1. The molecule has 0 aliphatic heterocycles. The van der Waals surface area contributed by atoms with Crippen LogP contribution in [0.4, 0.5) is 17.2 Å². The van der Waals surface area contributed by atoms with E-state index in [2.05, 4.69) is 15.6 Å². The molecule has 3 aromatic rings. The van der Waals surface area contributed by atoms with E-state index in [1.165, 1.54) is 0 Å². The summed E-state index contributed by atoms with van der Waals surface area (Å²) in [5, 5.41) is 7.87. The zero-order valence-corrected chi connectivity index (χ0v) is 15.6. The summed E-state index contributed by atoms with van der Waals surface area (Å²) in [7, 11) is 0. The molecule has 2 heterocycles. The summed E-state index contributed by atoms with van der Waals surface area (Å²) in [5.74, 6) is 0.0775. The number of esters is 1. The van der Waals surface area contributed by atoms with E-state index in [4.69, 9.17) is 4.74 Å². The van der Waals surface area contributed by atoms with Crippen molar-refractivity contribution in [1.82, 2.24) is 4.98 Å². The van der Waals surface area contributed by atoms with Crippen molar-refractivity contribution < 1.29 is 14.3 Å². The van der Waals surface area contributed by atoms with Crippen molar-refractivity contribution in [2.24, 2.45) is 0 Å². The van der Waals surface area contributed by atoms with Crippen LogP contribution in [0.25, 0.3) is 0 Å². The van der Waals surface area contributed by atoms with E-state index in [-0.39, 0.29) is 5.91 Å². The number of ether oxygens (including phenoxy) is 1. The normalized spacial score (nSPS) is 10.3. The molecule has 0 radical (unpaired) electrons. The van der Waals surface area contributed by atoms with Gasteiger partial charge in [-0.15, -0.1) is 11.3 Å². The molecule has 7 heteroatoms. The summed E-state index contributed by atoms with van der Waals surface area (Å²) in [4.78, 5) is 29.4. The Kier molecular flexibility index (Phi) is 6.17. The standard InChI is InChI=1S/C20H19N3O3S/c1-2-26-20(25)16-7-3-4-8-17(16)23-18-10-9-14(13-21-18)22-19(24)12-15-6-5-11-27-15/h3-11,13H,2,12H2,1H3,(H,21,23)(H,22,24). The van der Waals surface area contributed by atoms with E-state index >= 15 is 0 Å². The van der Waals surface area contributed by atoms with Gasteiger partial charge in [-0.1, -0.05) is 18.2 Å². The Morgan fingerprint density at radius 1 is 1.11 bits per heavy atom. The van der Waals surface area contributed by atoms with Gasteiger partial charge in [0.25, 0.3) is 0 Å². The van der Waals surface area contributed by atoms with E-state index < -0.39 is 5.97 Å². The molecule has 0 unspecified atom stereocenters. The lowest BCUT2D eigenvalue weighted by molar-refractivity contribution is -0.115. The summed E-state index contributed by atoms with van der Waals surface area (Å²) >= 11 is 1.55. The second kappa shape index (κ2) is 8.95. The van der Waals surface area contributed by atoms with Crippen molar-refractivity contribution in [3.05, 3.63) is 70.5 Å². The highest BCUT2D eigenvalue weighted by Gasteiger charge is 2.12. The number of hydrogen-bond acceptors (Lipinski definition) is 6. The molecule has 0 saturated heterocycles. The number of aromatic nitrogens is 1. The topological polar surface area (TPSA) is 80.3 Å². The number of carbonyl (C=O) groups is 2. The third-order valence-corrected chi connectivity index (χ3v) is 4.52. The third kappa shape index (κ3) is 5.15. The van der Waals surface area contributed by atoms with Crippen LogP contribution in [-0.4, -0.2) is 23.5 Å². The summed E-state index contributed by atoms with van der Waals surface area (Å²) in [5.41, 5.74) is 1.66. The van der Waals surface area contributed by atoms with Crippen molar-refractivity contribution in [3.8, 4) is 0 Å². The van der Waals surface area contributed by atoms with Gasteiger partial charge < -0.3 is 15.4 Å². The van der Waals surface area contributed by atoms with Gasteiger partial charge in [0.15, 0.2) is 0 Å². The quantitative estimate of drug-likeness (QED) is 0.598. The second-order valence-electron chi connectivity index (χ2n) is 5.63. The average Bonchev–Trinajstić information content (AvgIpc) is 3.17. The number of pyridine rings is 1. The van der Waals surface area contributed by atoms with Gasteiger partial charge in [-0.05, 0) is 42.6 Å². The number of nitrogens with one attached hydrogen (secondary N) is 2. The maximum atomic E-state index is 12.0. The maximum Gasteiger partial charge on any atom is 0.340 e. The van der Waals surface area contributed by atoms with Gasteiger partial charge in [0.05, 0.1) is 36.2 Å². The molecule has 0 fully saturated rings. The van der Waals surface area contributed by atoms with E-state index in [9.17, 15) is 9.59 Å². The van der Waals surface area contributed by atoms with Crippen molar-refractivity contribution in [3.63, 3.8) is 0 Å². The maximum absolute atomic E-state index is 12.0. The van der Waals surface area contributed by atoms with Gasteiger partial charge in [-0.2, -0.15) is 0 Å².